The molecule has 33 nitrogen and oxygen atoms in total. The molecule has 0 radical (unpaired) electrons. The van der Waals surface area contributed by atoms with E-state index in [1.807, 2.05) is 0 Å². The van der Waals surface area contributed by atoms with E-state index in [9.17, 15) is 76.1 Å². The van der Waals surface area contributed by atoms with E-state index in [0.717, 1.165) is 25.0 Å². The van der Waals surface area contributed by atoms with E-state index in [1.54, 1.807) is 97.9 Å². The zero-order valence-corrected chi connectivity index (χ0v) is 69.9. The van der Waals surface area contributed by atoms with Crippen LogP contribution in [0, 0.1) is 0 Å². The van der Waals surface area contributed by atoms with Gasteiger partial charge in [-0.3, -0.25) is 4.21 Å². The van der Waals surface area contributed by atoms with Gasteiger partial charge in [-0.25, -0.2) is 50.4 Å². The minimum absolute atomic E-state index is 0. The fourth-order valence-corrected chi connectivity index (χ4v) is 17.2. The van der Waals surface area contributed by atoms with E-state index in [1.165, 1.54) is 60.7 Å². The molecular weight excluding hydrogens is 1700 g/mol. The van der Waals surface area contributed by atoms with Crippen LogP contribution >= 0.6 is 43.2 Å². The molecule has 5 aromatic rings. The summed E-state index contributed by atoms with van der Waals surface area (Å²) in [6.07, 6.45) is -0.476. The number of rotatable bonds is 49. The minimum atomic E-state index is -3.81. The first kappa shape index (κ1) is 106. The van der Waals surface area contributed by atoms with Crippen molar-refractivity contribution in [1.82, 2.24) is 0 Å². The molecular formula is C58H87NaO33S14. The van der Waals surface area contributed by atoms with Crippen molar-refractivity contribution in [3.8, 4) is 0 Å². The number of aliphatic hydroxyl groups is 1. The quantitative estimate of drug-likeness (QED) is 0.0192. The molecule has 0 fully saturated rings. The van der Waals surface area contributed by atoms with Gasteiger partial charge in [-0.2, -0.15) is 33.7 Å². The number of benzene rings is 5. The van der Waals surface area contributed by atoms with E-state index < -0.39 is 136 Å². The SMILES string of the molecule is C.C.CCO.CS(=O)(=O)OCOCC(COCC(COCOS(C)(=O)=O)OCOS(C)(=O)=O)OCOS(C)(=O)=O.O=S(=O)(SCOCC(COCC(COCSS(=O)(=O)c1ccccc1)OCSS(=O)(=O)c1ccccc1)OCSS(=O)(=O)c1ccccc1)c1ccccc1.O=S([O-])(=S)c1ccccc1.[Na+]. The second-order valence-corrected chi connectivity index (χ2v) is 44.3. The average Bonchev–Trinajstić information content (AvgIpc) is 0.878. The van der Waals surface area contributed by atoms with E-state index in [0.29, 0.717) is 43.2 Å². The van der Waals surface area contributed by atoms with Crippen LogP contribution in [-0.2, 0) is 160 Å². The third kappa shape index (κ3) is 52.9. The molecule has 0 aliphatic rings. The molecule has 5 unspecified atom stereocenters. The molecule has 5 atom stereocenters. The maximum atomic E-state index is 12.8. The molecule has 0 saturated heterocycles. The van der Waals surface area contributed by atoms with Gasteiger partial charge in [0.25, 0.3) is 40.5 Å². The molecule has 5 aromatic carbocycles. The maximum absolute atomic E-state index is 12.8. The van der Waals surface area contributed by atoms with Crippen molar-refractivity contribution in [2.24, 2.45) is 0 Å². The smallest absolute Gasteiger partial charge is 0.766 e. The third-order valence-electron chi connectivity index (χ3n) is 11.0. The Kier molecular flexibility index (Phi) is 55.3. The molecule has 0 heterocycles. The zero-order chi connectivity index (χ0) is 77.1. The van der Waals surface area contributed by atoms with Gasteiger partial charge in [0.15, 0.2) is 27.2 Å². The number of hydrogen-bond donors (Lipinski definition) is 1. The predicted octanol–water partition coefficient (Wildman–Crippen LogP) is 2.86. The minimum Gasteiger partial charge on any atom is -0.766 e. The maximum Gasteiger partial charge on any atom is 1.00 e. The van der Waals surface area contributed by atoms with Gasteiger partial charge in [-0.05, 0) is 87.5 Å². The standard InChI is InChI=1S/C34H38O13S8.C14H30O17S4.C6H6O2S2.C2H6O.2CH4.Na/c35-52(36,31-13-5-1-6-14-31)48-25-44-23-29(46-27-50-54(39,40)33-17-9-3-10-18-33)21-43-22-30(47-28-51-55(41,42)34-19-11-4-12-20-34)24-45-26-49-53(37,38)32-15-7-2-8-16-32;1-32(15,16)28-9-24-7-13(26-11-30-34(3,19)20)5-23-6-14(27-12-31-35(4,21)22)8-25-10-29-33(2,17)18;7-10(8,9)6-4-2-1-3-5-6;1-2-3;;;/h1-20,29-30H,21-28H2;13-14H,5-12H2,1-4H3;1-5H,(H,7,8,9);3H,2H2,1H3;2*1H4;/q;;;;;;+1/p-1. The zero-order valence-electron chi connectivity index (χ0n) is 56.5. The summed E-state index contributed by atoms with van der Waals surface area (Å²) < 4.78 is 283. The molecule has 0 aromatic heterocycles. The summed E-state index contributed by atoms with van der Waals surface area (Å²) in [7, 11) is -31.2. The van der Waals surface area contributed by atoms with Crippen molar-refractivity contribution in [1.29, 1.82) is 0 Å². The van der Waals surface area contributed by atoms with Crippen LogP contribution in [0.25, 0.3) is 0 Å². The molecule has 106 heavy (non-hydrogen) atoms. The summed E-state index contributed by atoms with van der Waals surface area (Å²) in [5.74, 6) is -1.14. The Hall–Kier alpha value is -2.17. The summed E-state index contributed by atoms with van der Waals surface area (Å²) in [4.78, 5) is 0.599. The summed E-state index contributed by atoms with van der Waals surface area (Å²) in [6.45, 7) is -2.58. The Balaban J connectivity index is 0. The van der Waals surface area contributed by atoms with Gasteiger partial charge >= 0.3 is 29.6 Å². The Labute approximate surface area is 665 Å². The van der Waals surface area contributed by atoms with Crippen molar-refractivity contribution in [3.63, 3.8) is 0 Å². The van der Waals surface area contributed by atoms with Crippen molar-refractivity contribution < 1.29 is 175 Å². The molecule has 0 spiro atoms. The van der Waals surface area contributed by atoms with Crippen molar-refractivity contribution in [2.45, 2.75) is 70.7 Å². The summed E-state index contributed by atoms with van der Waals surface area (Å²) in [5.41, 5.74) is 0. The van der Waals surface area contributed by atoms with Crippen LogP contribution in [-0.4, -0.2) is 241 Å². The molecule has 0 aliphatic carbocycles. The van der Waals surface area contributed by atoms with Gasteiger partial charge < -0.3 is 57.0 Å². The van der Waals surface area contributed by atoms with Gasteiger partial charge in [-0.15, -0.1) is 0 Å². The monoisotopic (exact) mass is 1780 g/mol. The topological polar surface area (TPSA) is 463 Å². The van der Waals surface area contributed by atoms with Crippen LogP contribution in [0.4, 0.5) is 0 Å². The van der Waals surface area contributed by atoms with Gasteiger partial charge in [-0.1, -0.05) is 106 Å². The van der Waals surface area contributed by atoms with E-state index in [2.05, 4.69) is 27.9 Å². The Morgan fingerprint density at radius 1 is 0.330 bits per heavy atom. The van der Waals surface area contributed by atoms with Gasteiger partial charge in [0.05, 0.1) is 97.5 Å². The van der Waals surface area contributed by atoms with Gasteiger partial charge in [0.2, 0.25) is 35.5 Å². The van der Waals surface area contributed by atoms with Crippen molar-refractivity contribution in [3.05, 3.63) is 152 Å². The molecule has 1 N–H and O–H groups in total. The van der Waals surface area contributed by atoms with Crippen LogP contribution in [0.5, 0.6) is 0 Å². The summed E-state index contributed by atoms with van der Waals surface area (Å²) in [5, 5.41) is 7.57. The Bertz CT molecular complexity index is 4010. The molecule has 5 rings (SSSR count). The van der Waals surface area contributed by atoms with Crippen molar-refractivity contribution in [2.75, 3.05) is 135 Å². The van der Waals surface area contributed by atoms with Gasteiger partial charge in [0.1, 0.15) is 48.2 Å². The van der Waals surface area contributed by atoms with Crippen LogP contribution in [0.2, 0.25) is 0 Å². The van der Waals surface area contributed by atoms with Crippen LogP contribution in [0.1, 0.15) is 21.8 Å². The third-order valence-corrected chi connectivity index (χ3v) is 27.3. The fraction of sp³-hybridized carbons (Fsp3) is 0.483. The van der Waals surface area contributed by atoms with Crippen LogP contribution in [0.15, 0.2) is 176 Å². The molecule has 0 aliphatic heterocycles. The molecule has 48 heteroatoms. The Morgan fingerprint density at radius 2 is 0.528 bits per heavy atom. The molecule has 0 saturated carbocycles. The Morgan fingerprint density at radius 3 is 0.755 bits per heavy atom. The number of hydrogen-bond acceptors (Lipinski definition) is 38. The number of aliphatic hydroxyl groups excluding tert-OH is 1. The van der Waals surface area contributed by atoms with Crippen molar-refractivity contribution >= 4 is 139 Å². The second kappa shape index (κ2) is 55.3. The molecule has 0 bridgehead atoms. The largest absolute Gasteiger partial charge is 1.00 e. The van der Waals surface area contributed by atoms with E-state index >= 15 is 0 Å². The normalized spacial score (nSPS) is 13.8. The van der Waals surface area contributed by atoms with E-state index in [-0.39, 0.29) is 152 Å². The summed E-state index contributed by atoms with van der Waals surface area (Å²) in [6, 6.07) is 39.2. The first-order chi connectivity index (χ1) is 48.2. The first-order valence-corrected chi connectivity index (χ1v) is 50.5. The first-order valence-electron chi connectivity index (χ1n) is 28.9. The number of ether oxygens (including phenoxy) is 10. The van der Waals surface area contributed by atoms with Crippen LogP contribution in [0.3, 0.4) is 0 Å². The predicted molar refractivity (Wildman–Crippen MR) is 400 cm³/mol. The average molecular weight is 1780 g/mol. The van der Waals surface area contributed by atoms with Gasteiger partial charge in [0, 0.05) is 54.7 Å². The molecule has 602 valence electrons. The second-order valence-electron chi connectivity index (χ2n) is 19.6. The van der Waals surface area contributed by atoms with Crippen LogP contribution < -0.4 is 29.6 Å². The summed E-state index contributed by atoms with van der Waals surface area (Å²) >= 11 is 4.22. The molecule has 0 amide bonds. The fourth-order valence-electron chi connectivity index (χ4n) is 6.40. The van der Waals surface area contributed by atoms with E-state index in [4.69, 9.17) is 52.5 Å².